The lowest BCUT2D eigenvalue weighted by Gasteiger charge is -2.29. The number of aliphatic hydroxyl groups excluding tert-OH is 1. The minimum Gasteiger partial charge on any atom is -0.756 e. The van der Waals surface area contributed by atoms with E-state index in [4.69, 9.17) is 9.05 Å². The van der Waals surface area contributed by atoms with Crippen molar-refractivity contribution in [3.63, 3.8) is 0 Å². The monoisotopic (exact) mass is 1010 g/mol. The van der Waals surface area contributed by atoms with Gasteiger partial charge in [0, 0.05) is 6.42 Å². The van der Waals surface area contributed by atoms with Crippen molar-refractivity contribution in [2.45, 2.75) is 321 Å². The fraction of sp³-hybridized carbons (Fsp3) is 0.918. The van der Waals surface area contributed by atoms with Crippen molar-refractivity contribution in [3.05, 3.63) is 24.3 Å². The Hall–Kier alpha value is -1.02. The van der Waals surface area contributed by atoms with E-state index in [0.29, 0.717) is 17.4 Å². The molecule has 0 fully saturated rings. The largest absolute Gasteiger partial charge is 0.756 e. The molecule has 2 N–H and O–H groups in total. The number of nitrogens with zero attached hydrogens (tertiary/aromatic N) is 1. The number of phosphoric acid groups is 1. The van der Waals surface area contributed by atoms with Gasteiger partial charge in [-0.3, -0.25) is 9.36 Å². The van der Waals surface area contributed by atoms with Crippen molar-refractivity contribution in [3.8, 4) is 0 Å². The van der Waals surface area contributed by atoms with Gasteiger partial charge in [0.2, 0.25) is 5.91 Å². The van der Waals surface area contributed by atoms with Crippen molar-refractivity contribution in [2.75, 3.05) is 40.9 Å². The number of aliphatic hydroxyl groups is 1. The first-order valence-electron chi connectivity index (χ1n) is 30.7. The summed E-state index contributed by atoms with van der Waals surface area (Å²) >= 11 is 0. The molecule has 416 valence electrons. The van der Waals surface area contributed by atoms with Crippen LogP contribution in [0.15, 0.2) is 24.3 Å². The van der Waals surface area contributed by atoms with Gasteiger partial charge < -0.3 is 28.8 Å². The highest BCUT2D eigenvalue weighted by Crippen LogP contribution is 2.38. The molecule has 1 amide bonds. The van der Waals surface area contributed by atoms with E-state index in [-0.39, 0.29) is 19.1 Å². The second-order valence-corrected chi connectivity index (χ2v) is 23.8. The van der Waals surface area contributed by atoms with E-state index in [9.17, 15) is 19.4 Å². The molecule has 70 heavy (non-hydrogen) atoms. The standard InChI is InChI=1S/C61H121N2O6P/c1-6-8-10-12-14-16-18-20-22-24-26-27-28-29-30-31-32-33-34-35-37-39-41-43-45-47-49-51-53-55-61(65)62-59(58-69-70(66,67)68-57-56-63(3,4)5)60(64)54-52-50-48-46-44-42-40-38-36-25-23-21-19-17-15-13-11-9-7-2/h29-30,52,54,59-60,64H,6-28,31-51,53,55-58H2,1-5H3,(H-,62,65,66,67)/b30-29-,54-52+. The second kappa shape index (κ2) is 52.8. The van der Waals surface area contributed by atoms with Crippen molar-refractivity contribution in [1.82, 2.24) is 5.32 Å². The van der Waals surface area contributed by atoms with Crippen molar-refractivity contribution in [1.29, 1.82) is 0 Å². The summed E-state index contributed by atoms with van der Waals surface area (Å²) in [4.78, 5) is 25.5. The Morgan fingerprint density at radius 3 is 1.11 bits per heavy atom. The minimum atomic E-state index is -4.60. The van der Waals surface area contributed by atoms with Crippen LogP contribution in [0.3, 0.4) is 0 Å². The number of quaternary nitrogens is 1. The van der Waals surface area contributed by atoms with Gasteiger partial charge in [0.05, 0.1) is 39.9 Å². The first-order chi connectivity index (χ1) is 34.0. The SMILES string of the molecule is CCCCCCCCCCCCCC/C=C\CCCCCCCCCCCCCCCC(=O)NC(COP(=O)([O-])OCC[N+](C)(C)C)C(O)/C=C/CCCCCCCCCCCCCCCCCCC. The number of rotatable bonds is 57. The number of hydrogen-bond donors (Lipinski definition) is 2. The number of nitrogens with one attached hydrogen (secondary N) is 1. The Labute approximate surface area is 436 Å². The topological polar surface area (TPSA) is 108 Å². The molecule has 0 spiro atoms. The Kier molecular flexibility index (Phi) is 52.1. The fourth-order valence-corrected chi connectivity index (χ4v) is 10.1. The molecule has 9 heteroatoms. The Morgan fingerprint density at radius 2 is 0.786 bits per heavy atom. The molecule has 0 heterocycles. The molecular weight excluding hydrogens is 888 g/mol. The van der Waals surface area contributed by atoms with Gasteiger partial charge in [-0.1, -0.05) is 282 Å². The zero-order valence-corrected chi connectivity index (χ0v) is 48.4. The van der Waals surface area contributed by atoms with Crippen LogP contribution in [-0.2, 0) is 18.4 Å². The lowest BCUT2D eigenvalue weighted by molar-refractivity contribution is -0.870. The molecular formula is C61H121N2O6P. The van der Waals surface area contributed by atoms with Gasteiger partial charge in [0.25, 0.3) is 7.82 Å². The number of phosphoric ester groups is 1. The summed E-state index contributed by atoms with van der Waals surface area (Å²) in [6, 6.07) is -0.885. The van der Waals surface area contributed by atoms with E-state index in [1.165, 1.54) is 250 Å². The molecule has 8 nitrogen and oxygen atoms in total. The third-order valence-corrected chi connectivity index (χ3v) is 15.1. The molecule has 0 radical (unpaired) electrons. The smallest absolute Gasteiger partial charge is 0.268 e. The van der Waals surface area contributed by atoms with E-state index in [2.05, 4.69) is 31.3 Å². The molecule has 0 aliphatic carbocycles. The van der Waals surface area contributed by atoms with Crippen LogP contribution in [0.1, 0.15) is 309 Å². The third kappa shape index (κ3) is 54.7. The molecule has 0 aromatic carbocycles. The first-order valence-corrected chi connectivity index (χ1v) is 32.2. The predicted octanol–water partition coefficient (Wildman–Crippen LogP) is 18.1. The quantitative estimate of drug-likeness (QED) is 0.0272. The minimum absolute atomic E-state index is 0.00110. The van der Waals surface area contributed by atoms with Crippen molar-refractivity contribution < 1.29 is 32.9 Å². The normalized spacial score (nSPS) is 14.0. The fourth-order valence-electron chi connectivity index (χ4n) is 9.33. The van der Waals surface area contributed by atoms with Crippen LogP contribution in [0.5, 0.6) is 0 Å². The zero-order chi connectivity index (χ0) is 51.3. The summed E-state index contributed by atoms with van der Waals surface area (Å²) in [5, 5.41) is 13.9. The van der Waals surface area contributed by atoms with E-state index in [1.807, 2.05) is 27.2 Å². The summed E-state index contributed by atoms with van der Waals surface area (Å²) in [5.74, 6) is -0.192. The summed E-state index contributed by atoms with van der Waals surface area (Å²) in [5.41, 5.74) is 0. The average Bonchev–Trinajstić information content (AvgIpc) is 3.32. The van der Waals surface area contributed by atoms with Crippen LogP contribution >= 0.6 is 7.82 Å². The molecule has 0 saturated heterocycles. The number of allylic oxidation sites excluding steroid dienone is 3. The van der Waals surface area contributed by atoms with Gasteiger partial charge in [-0.15, -0.1) is 0 Å². The van der Waals surface area contributed by atoms with Gasteiger partial charge in [-0.25, -0.2) is 0 Å². The van der Waals surface area contributed by atoms with E-state index in [0.717, 1.165) is 38.5 Å². The molecule has 3 unspecified atom stereocenters. The molecule has 3 atom stereocenters. The number of unbranched alkanes of at least 4 members (excludes halogenated alkanes) is 42. The molecule has 0 aliphatic rings. The van der Waals surface area contributed by atoms with Crippen LogP contribution in [0.2, 0.25) is 0 Å². The summed E-state index contributed by atoms with van der Waals surface area (Å²) in [7, 11) is 1.27. The Balaban J connectivity index is 4.11. The number of carbonyl (C=O) groups excluding carboxylic acids is 1. The summed E-state index contributed by atoms with van der Waals surface area (Å²) in [6.07, 6.45) is 66.9. The van der Waals surface area contributed by atoms with Crippen molar-refractivity contribution >= 4 is 13.7 Å². The Morgan fingerprint density at radius 1 is 0.486 bits per heavy atom. The van der Waals surface area contributed by atoms with Crippen LogP contribution in [0.25, 0.3) is 0 Å². The van der Waals surface area contributed by atoms with Gasteiger partial charge in [0.1, 0.15) is 13.2 Å². The van der Waals surface area contributed by atoms with Gasteiger partial charge in [-0.2, -0.15) is 0 Å². The summed E-state index contributed by atoms with van der Waals surface area (Å²) < 4.78 is 23.4. The highest BCUT2D eigenvalue weighted by atomic mass is 31.2. The molecule has 0 rings (SSSR count). The molecule has 0 aromatic heterocycles. The zero-order valence-electron chi connectivity index (χ0n) is 47.5. The first kappa shape index (κ1) is 69.0. The van der Waals surface area contributed by atoms with E-state index < -0.39 is 20.0 Å². The maximum absolute atomic E-state index is 13.0. The third-order valence-electron chi connectivity index (χ3n) is 14.2. The number of amides is 1. The Bertz CT molecular complexity index is 1190. The van der Waals surface area contributed by atoms with Gasteiger partial charge in [0.15, 0.2) is 0 Å². The highest BCUT2D eigenvalue weighted by molar-refractivity contribution is 7.45. The second-order valence-electron chi connectivity index (χ2n) is 22.4. The van der Waals surface area contributed by atoms with E-state index in [1.54, 1.807) is 6.08 Å². The maximum atomic E-state index is 13.0. The molecule has 0 saturated carbocycles. The van der Waals surface area contributed by atoms with Gasteiger partial charge in [-0.05, 0) is 44.9 Å². The van der Waals surface area contributed by atoms with Crippen LogP contribution in [0, 0.1) is 0 Å². The highest BCUT2D eigenvalue weighted by Gasteiger charge is 2.23. The van der Waals surface area contributed by atoms with Crippen molar-refractivity contribution in [2.24, 2.45) is 0 Å². The van der Waals surface area contributed by atoms with E-state index >= 15 is 0 Å². The van der Waals surface area contributed by atoms with Crippen LogP contribution in [0.4, 0.5) is 0 Å². The van der Waals surface area contributed by atoms with Gasteiger partial charge >= 0.3 is 0 Å². The average molecular weight is 1010 g/mol. The number of likely N-dealkylation sites (N-methyl/N-ethyl adjacent to an activating group) is 1. The lowest BCUT2D eigenvalue weighted by atomic mass is 10.0. The number of carbonyl (C=O) groups is 1. The number of hydrogen-bond acceptors (Lipinski definition) is 6. The molecule has 0 aliphatic heterocycles. The summed E-state index contributed by atoms with van der Waals surface area (Å²) in [6.45, 7) is 4.70. The maximum Gasteiger partial charge on any atom is 0.268 e. The predicted molar refractivity (Wildman–Crippen MR) is 302 cm³/mol. The molecule has 0 aromatic rings. The van der Waals surface area contributed by atoms with Crippen LogP contribution < -0.4 is 10.2 Å². The van der Waals surface area contributed by atoms with Crippen LogP contribution in [-0.4, -0.2) is 68.5 Å². The molecule has 0 bridgehead atoms. The lowest BCUT2D eigenvalue weighted by Crippen LogP contribution is -2.45.